The van der Waals surface area contributed by atoms with E-state index in [4.69, 9.17) is 15.9 Å². The molecule has 12 heavy (non-hydrogen) atoms. The third-order valence-corrected chi connectivity index (χ3v) is 1.40. The lowest BCUT2D eigenvalue weighted by Gasteiger charge is -2.05. The predicted octanol–water partition coefficient (Wildman–Crippen LogP) is 1.08. The summed E-state index contributed by atoms with van der Waals surface area (Å²) < 4.78 is 9.93. The van der Waals surface area contributed by atoms with Gasteiger partial charge in [0.15, 0.2) is 5.75 Å². The highest BCUT2D eigenvalue weighted by molar-refractivity contribution is 5.42. The molecular weight excluding hydrogens is 154 g/mol. The molecule has 0 radical (unpaired) electrons. The molecule has 3 heteroatoms. The first-order valence-electron chi connectivity index (χ1n) is 3.36. The van der Waals surface area contributed by atoms with Crippen molar-refractivity contribution in [3.63, 3.8) is 0 Å². The molecule has 1 aromatic rings. The molecule has 0 saturated heterocycles. The van der Waals surface area contributed by atoms with Gasteiger partial charge in [0.2, 0.25) is 0 Å². The van der Waals surface area contributed by atoms with Gasteiger partial charge in [-0.3, -0.25) is 0 Å². The fourth-order valence-corrected chi connectivity index (χ4v) is 0.810. The van der Waals surface area contributed by atoms with Crippen LogP contribution in [-0.4, -0.2) is 19.2 Å². The second-order valence-corrected chi connectivity index (χ2v) is 2.08. The number of pyridine rings is 1. The zero-order valence-electron chi connectivity index (χ0n) is 7.00. The minimum Gasteiger partial charge on any atom is -0.491 e. The van der Waals surface area contributed by atoms with Crippen molar-refractivity contribution < 1.29 is 9.47 Å². The summed E-state index contributed by atoms with van der Waals surface area (Å²) in [7, 11) is 3.07. The van der Waals surface area contributed by atoms with Gasteiger partial charge in [-0.05, 0) is 0 Å². The van der Waals surface area contributed by atoms with Gasteiger partial charge >= 0.3 is 0 Å². The van der Waals surface area contributed by atoms with E-state index in [2.05, 4.69) is 10.9 Å². The lowest BCUT2D eigenvalue weighted by molar-refractivity contribution is 0.343. The third kappa shape index (κ3) is 1.48. The molecule has 0 fully saturated rings. The first-order chi connectivity index (χ1) is 5.81. The third-order valence-electron chi connectivity index (χ3n) is 1.40. The smallest absolute Gasteiger partial charge is 0.256 e. The monoisotopic (exact) mass is 163 g/mol. The summed E-state index contributed by atoms with van der Waals surface area (Å²) >= 11 is 0. The van der Waals surface area contributed by atoms with Crippen molar-refractivity contribution in [2.45, 2.75) is 0 Å². The molecular formula is C9H9NO2. The van der Waals surface area contributed by atoms with Crippen LogP contribution in [0.25, 0.3) is 0 Å². The SMILES string of the molecule is C#Cc1cnc(OC)c(OC)c1. The molecule has 0 unspecified atom stereocenters. The summed E-state index contributed by atoms with van der Waals surface area (Å²) in [6.45, 7) is 0. The largest absolute Gasteiger partial charge is 0.491 e. The number of nitrogens with zero attached hydrogens (tertiary/aromatic N) is 1. The van der Waals surface area contributed by atoms with Crippen molar-refractivity contribution in [1.29, 1.82) is 0 Å². The number of hydrogen-bond acceptors (Lipinski definition) is 3. The van der Waals surface area contributed by atoms with Gasteiger partial charge in [0.05, 0.1) is 14.2 Å². The highest BCUT2D eigenvalue weighted by Gasteiger charge is 2.03. The Hall–Kier alpha value is -1.69. The summed E-state index contributed by atoms with van der Waals surface area (Å²) in [6, 6.07) is 1.70. The normalized spacial score (nSPS) is 8.75. The summed E-state index contributed by atoms with van der Waals surface area (Å²) in [4.78, 5) is 3.95. The van der Waals surface area contributed by atoms with Crippen LogP contribution < -0.4 is 9.47 Å². The first-order valence-corrected chi connectivity index (χ1v) is 3.36. The highest BCUT2D eigenvalue weighted by atomic mass is 16.5. The fourth-order valence-electron chi connectivity index (χ4n) is 0.810. The van der Waals surface area contributed by atoms with Gasteiger partial charge in [0, 0.05) is 17.8 Å². The molecule has 1 aromatic heterocycles. The molecule has 0 saturated carbocycles. The number of ether oxygens (including phenoxy) is 2. The zero-order chi connectivity index (χ0) is 8.97. The van der Waals surface area contributed by atoms with Crippen molar-refractivity contribution in [2.24, 2.45) is 0 Å². The molecule has 0 bridgehead atoms. The van der Waals surface area contributed by atoms with Crippen LogP contribution in [0.1, 0.15) is 5.56 Å². The summed E-state index contributed by atoms with van der Waals surface area (Å²) in [5.74, 6) is 3.45. The minimum absolute atomic E-state index is 0.441. The van der Waals surface area contributed by atoms with E-state index in [1.54, 1.807) is 19.4 Å². The second kappa shape index (κ2) is 3.63. The Labute approximate surface area is 71.3 Å². The van der Waals surface area contributed by atoms with E-state index in [9.17, 15) is 0 Å². The van der Waals surface area contributed by atoms with Gasteiger partial charge in [-0.25, -0.2) is 4.98 Å². The van der Waals surface area contributed by atoms with Crippen molar-refractivity contribution >= 4 is 0 Å². The van der Waals surface area contributed by atoms with E-state index < -0.39 is 0 Å². The van der Waals surface area contributed by atoms with Crippen LogP contribution in [0.4, 0.5) is 0 Å². The maximum absolute atomic E-state index is 5.18. The Balaban J connectivity index is 3.13. The predicted molar refractivity (Wildman–Crippen MR) is 45.3 cm³/mol. The first kappa shape index (κ1) is 8.41. The van der Waals surface area contributed by atoms with Gasteiger partial charge in [-0.2, -0.15) is 0 Å². The molecule has 0 N–H and O–H groups in total. The van der Waals surface area contributed by atoms with E-state index in [1.807, 2.05) is 0 Å². The summed E-state index contributed by atoms with van der Waals surface area (Å²) in [5, 5.41) is 0. The van der Waals surface area contributed by atoms with Crippen LogP contribution >= 0.6 is 0 Å². The Bertz CT molecular complexity index is 315. The standard InChI is InChI=1S/C9H9NO2/c1-4-7-5-8(11-2)9(12-3)10-6-7/h1,5-6H,2-3H3. The number of hydrogen-bond donors (Lipinski definition) is 0. The Morgan fingerprint density at radius 2 is 2.17 bits per heavy atom. The van der Waals surface area contributed by atoms with Crippen molar-refractivity contribution in [3.05, 3.63) is 17.8 Å². The number of terminal acetylenes is 1. The van der Waals surface area contributed by atoms with Crippen LogP contribution in [0.2, 0.25) is 0 Å². The Morgan fingerprint density at radius 3 is 2.67 bits per heavy atom. The van der Waals surface area contributed by atoms with E-state index in [0.29, 0.717) is 17.2 Å². The molecule has 0 aliphatic carbocycles. The fraction of sp³-hybridized carbons (Fsp3) is 0.222. The van der Waals surface area contributed by atoms with Crippen molar-refractivity contribution in [1.82, 2.24) is 4.98 Å². The van der Waals surface area contributed by atoms with Crippen molar-refractivity contribution in [2.75, 3.05) is 14.2 Å². The molecule has 0 atom stereocenters. The lowest BCUT2D eigenvalue weighted by atomic mass is 10.3. The maximum atomic E-state index is 5.18. The molecule has 0 amide bonds. The van der Waals surface area contributed by atoms with Crippen LogP contribution in [-0.2, 0) is 0 Å². The highest BCUT2D eigenvalue weighted by Crippen LogP contribution is 2.23. The Kier molecular flexibility index (Phi) is 2.54. The molecule has 0 spiro atoms. The molecule has 3 nitrogen and oxygen atoms in total. The minimum atomic E-state index is 0.441. The molecule has 0 aliphatic rings. The molecule has 0 aliphatic heterocycles. The van der Waals surface area contributed by atoms with Gasteiger partial charge in [0.1, 0.15) is 0 Å². The second-order valence-electron chi connectivity index (χ2n) is 2.08. The quantitative estimate of drug-likeness (QED) is 0.611. The number of rotatable bonds is 2. The zero-order valence-corrected chi connectivity index (χ0v) is 7.00. The van der Waals surface area contributed by atoms with Crippen LogP contribution in [0.15, 0.2) is 12.3 Å². The van der Waals surface area contributed by atoms with Gasteiger partial charge in [-0.1, -0.05) is 5.92 Å². The van der Waals surface area contributed by atoms with Crippen LogP contribution in [0.5, 0.6) is 11.6 Å². The van der Waals surface area contributed by atoms with Gasteiger partial charge < -0.3 is 9.47 Å². The topological polar surface area (TPSA) is 31.4 Å². The summed E-state index contributed by atoms with van der Waals surface area (Å²) in [6.07, 6.45) is 6.74. The Morgan fingerprint density at radius 1 is 1.42 bits per heavy atom. The average molecular weight is 163 g/mol. The van der Waals surface area contributed by atoms with E-state index in [-0.39, 0.29) is 0 Å². The summed E-state index contributed by atoms with van der Waals surface area (Å²) in [5.41, 5.74) is 0.674. The van der Waals surface area contributed by atoms with Crippen molar-refractivity contribution in [3.8, 4) is 24.0 Å². The molecule has 62 valence electrons. The van der Waals surface area contributed by atoms with Crippen LogP contribution in [0.3, 0.4) is 0 Å². The van der Waals surface area contributed by atoms with E-state index >= 15 is 0 Å². The molecule has 1 rings (SSSR count). The van der Waals surface area contributed by atoms with Gasteiger partial charge in [0.25, 0.3) is 5.88 Å². The number of aromatic nitrogens is 1. The van der Waals surface area contributed by atoms with E-state index in [0.717, 1.165) is 0 Å². The number of methoxy groups -OCH3 is 2. The maximum Gasteiger partial charge on any atom is 0.256 e. The molecule has 1 heterocycles. The van der Waals surface area contributed by atoms with E-state index in [1.165, 1.54) is 7.11 Å². The molecule has 0 aromatic carbocycles. The average Bonchev–Trinajstić information content (AvgIpc) is 2.16. The van der Waals surface area contributed by atoms with Crippen LogP contribution in [0, 0.1) is 12.3 Å². The van der Waals surface area contributed by atoms with Gasteiger partial charge in [-0.15, -0.1) is 6.42 Å². The lowest BCUT2D eigenvalue weighted by Crippen LogP contribution is -1.93.